The molecule has 0 aliphatic carbocycles. The molecule has 0 spiro atoms. The Morgan fingerprint density at radius 1 is 1.21 bits per heavy atom. The van der Waals surface area contributed by atoms with Gasteiger partial charge in [-0.25, -0.2) is 4.79 Å². The Morgan fingerprint density at radius 2 is 1.57 bits per heavy atom. The monoisotopic (exact) mass is 213 g/mol. The van der Waals surface area contributed by atoms with Gasteiger partial charge in [0.1, 0.15) is 0 Å². The van der Waals surface area contributed by atoms with E-state index in [2.05, 4.69) is 4.74 Å². The summed E-state index contributed by atoms with van der Waals surface area (Å²) >= 11 is 0. The molecule has 1 unspecified atom stereocenters. The topological polar surface area (TPSA) is 52.3 Å². The van der Waals surface area contributed by atoms with Crippen molar-refractivity contribution in [1.29, 1.82) is 0 Å². The van der Waals surface area contributed by atoms with Gasteiger partial charge in [0.2, 0.25) is 5.54 Å². The second-order valence-electron chi connectivity index (χ2n) is 4.05. The first-order valence-corrected chi connectivity index (χ1v) is 3.92. The maximum absolute atomic E-state index is 12.6. The van der Waals surface area contributed by atoms with Crippen LogP contribution < -0.4 is 5.73 Å². The molecular weight excluding hydrogens is 199 g/mol. The van der Waals surface area contributed by atoms with Gasteiger partial charge in [-0.3, -0.25) is 0 Å². The molecule has 1 atom stereocenters. The highest BCUT2D eigenvalue weighted by atomic mass is 19.4. The Kier molecular flexibility index (Phi) is 3.23. The second kappa shape index (κ2) is 3.42. The smallest absolute Gasteiger partial charge is 0.417 e. The first-order valence-electron chi connectivity index (χ1n) is 3.92. The number of carbonyl (C=O) groups is 1. The third kappa shape index (κ3) is 1.84. The number of hydrogen-bond acceptors (Lipinski definition) is 3. The van der Waals surface area contributed by atoms with Gasteiger partial charge >= 0.3 is 12.1 Å². The summed E-state index contributed by atoms with van der Waals surface area (Å²) in [6.45, 7) is 3.70. The minimum atomic E-state index is -4.83. The van der Waals surface area contributed by atoms with Crippen LogP contribution in [0.1, 0.15) is 20.8 Å². The molecule has 0 aliphatic rings. The Morgan fingerprint density at radius 3 is 1.64 bits per heavy atom. The molecule has 2 N–H and O–H groups in total. The maximum Gasteiger partial charge on any atom is 0.417 e. The van der Waals surface area contributed by atoms with Gasteiger partial charge in [-0.15, -0.1) is 0 Å². The molecule has 0 aromatic rings. The summed E-state index contributed by atoms with van der Waals surface area (Å²) in [5.41, 5.74) is 0.669. The summed E-state index contributed by atoms with van der Waals surface area (Å²) < 4.78 is 41.9. The van der Waals surface area contributed by atoms with Gasteiger partial charge in [0.05, 0.1) is 7.11 Å². The van der Waals surface area contributed by atoms with E-state index in [4.69, 9.17) is 5.73 Å². The van der Waals surface area contributed by atoms with Crippen LogP contribution in [0.5, 0.6) is 0 Å². The van der Waals surface area contributed by atoms with Crippen LogP contribution in [0.25, 0.3) is 0 Å². The zero-order chi connectivity index (χ0) is 11.8. The Bertz CT molecular complexity index is 216. The molecule has 0 saturated carbocycles. The van der Waals surface area contributed by atoms with Crippen LogP contribution in [0.2, 0.25) is 0 Å². The van der Waals surface area contributed by atoms with Crippen LogP contribution in [0.15, 0.2) is 0 Å². The van der Waals surface area contributed by atoms with Crippen molar-refractivity contribution >= 4 is 5.97 Å². The highest BCUT2D eigenvalue weighted by Gasteiger charge is 2.65. The normalized spacial score (nSPS) is 17.4. The minimum Gasteiger partial charge on any atom is -0.467 e. The third-order valence-electron chi connectivity index (χ3n) is 2.14. The molecule has 0 heterocycles. The molecule has 0 aromatic carbocycles. The number of nitrogens with two attached hydrogens (primary N) is 1. The number of rotatable bonds is 1. The van der Waals surface area contributed by atoms with Crippen molar-refractivity contribution in [3.63, 3.8) is 0 Å². The van der Waals surface area contributed by atoms with Crippen molar-refractivity contribution in [1.82, 2.24) is 0 Å². The van der Waals surface area contributed by atoms with E-state index in [1.807, 2.05) is 0 Å². The molecule has 0 aromatic heterocycles. The van der Waals surface area contributed by atoms with Crippen molar-refractivity contribution in [2.24, 2.45) is 11.1 Å². The van der Waals surface area contributed by atoms with E-state index in [0.717, 1.165) is 7.11 Å². The molecule has 0 bridgehead atoms. The molecule has 0 amide bonds. The van der Waals surface area contributed by atoms with E-state index in [1.54, 1.807) is 0 Å². The van der Waals surface area contributed by atoms with E-state index in [9.17, 15) is 18.0 Å². The standard InChI is InChI=1S/C8H14F3NO2/c1-6(2,3)7(12,5(13)14-4)8(9,10)11/h12H2,1-4H3. The second-order valence-corrected chi connectivity index (χ2v) is 4.05. The molecule has 0 saturated heterocycles. The predicted molar refractivity (Wildman–Crippen MR) is 44.4 cm³/mol. The fourth-order valence-corrected chi connectivity index (χ4v) is 1.01. The molecular formula is C8H14F3NO2. The summed E-state index contributed by atoms with van der Waals surface area (Å²) in [7, 11) is 0.876. The van der Waals surface area contributed by atoms with Crippen LogP contribution in [0.4, 0.5) is 13.2 Å². The molecule has 14 heavy (non-hydrogen) atoms. The Hall–Kier alpha value is -0.780. The van der Waals surface area contributed by atoms with Crippen molar-refractivity contribution in [2.75, 3.05) is 7.11 Å². The summed E-state index contributed by atoms with van der Waals surface area (Å²) in [5.74, 6) is -1.47. The first-order chi connectivity index (χ1) is 5.98. The number of carbonyl (C=O) groups excluding carboxylic acids is 1. The lowest BCUT2D eigenvalue weighted by molar-refractivity contribution is -0.224. The molecule has 0 radical (unpaired) electrons. The van der Waals surface area contributed by atoms with Gasteiger partial charge in [-0.1, -0.05) is 20.8 Å². The SMILES string of the molecule is COC(=O)C(N)(C(C)(C)C)C(F)(F)F. The zero-order valence-electron chi connectivity index (χ0n) is 8.53. The van der Waals surface area contributed by atoms with Crippen LogP contribution in [-0.2, 0) is 9.53 Å². The van der Waals surface area contributed by atoms with Gasteiger partial charge in [0, 0.05) is 0 Å². The predicted octanol–water partition coefficient (Wildman–Crippen LogP) is 1.47. The van der Waals surface area contributed by atoms with Crippen LogP contribution in [-0.4, -0.2) is 24.8 Å². The Labute approximate surface area is 80.4 Å². The lowest BCUT2D eigenvalue weighted by Crippen LogP contribution is -2.67. The summed E-state index contributed by atoms with van der Waals surface area (Å²) in [5, 5.41) is 0. The van der Waals surface area contributed by atoms with E-state index in [-0.39, 0.29) is 0 Å². The molecule has 0 aliphatic heterocycles. The fourth-order valence-electron chi connectivity index (χ4n) is 1.01. The van der Waals surface area contributed by atoms with Gasteiger partial charge in [-0.05, 0) is 5.41 Å². The molecule has 84 valence electrons. The zero-order valence-corrected chi connectivity index (χ0v) is 8.53. The van der Waals surface area contributed by atoms with Gasteiger partial charge in [0.15, 0.2) is 0 Å². The highest BCUT2D eigenvalue weighted by molar-refractivity contribution is 5.82. The molecule has 6 heteroatoms. The highest BCUT2D eigenvalue weighted by Crippen LogP contribution is 2.42. The summed E-state index contributed by atoms with van der Waals surface area (Å²) in [6.07, 6.45) is -4.83. The van der Waals surface area contributed by atoms with Gasteiger partial charge < -0.3 is 10.5 Å². The fraction of sp³-hybridized carbons (Fsp3) is 0.875. The lowest BCUT2D eigenvalue weighted by Gasteiger charge is -2.39. The number of alkyl halides is 3. The van der Waals surface area contributed by atoms with Crippen molar-refractivity contribution in [3.05, 3.63) is 0 Å². The van der Waals surface area contributed by atoms with E-state index < -0.39 is 23.1 Å². The van der Waals surface area contributed by atoms with E-state index in [1.165, 1.54) is 20.8 Å². The molecule has 0 fully saturated rings. The molecule has 0 rings (SSSR count). The van der Waals surface area contributed by atoms with Crippen molar-refractivity contribution < 1.29 is 22.7 Å². The summed E-state index contributed by atoms with van der Waals surface area (Å²) in [4.78, 5) is 11.1. The van der Waals surface area contributed by atoms with Crippen LogP contribution in [0, 0.1) is 5.41 Å². The van der Waals surface area contributed by atoms with E-state index >= 15 is 0 Å². The molecule has 3 nitrogen and oxygen atoms in total. The average Bonchev–Trinajstić information content (AvgIpc) is 1.97. The van der Waals surface area contributed by atoms with Gasteiger partial charge in [-0.2, -0.15) is 13.2 Å². The quantitative estimate of drug-likeness (QED) is 0.671. The largest absolute Gasteiger partial charge is 0.467 e. The maximum atomic E-state index is 12.6. The Balaban J connectivity index is 5.40. The van der Waals surface area contributed by atoms with Crippen LogP contribution in [0.3, 0.4) is 0 Å². The van der Waals surface area contributed by atoms with Crippen LogP contribution >= 0.6 is 0 Å². The number of methoxy groups -OCH3 is 1. The lowest BCUT2D eigenvalue weighted by atomic mass is 9.73. The number of halogens is 3. The third-order valence-corrected chi connectivity index (χ3v) is 2.14. The first kappa shape index (κ1) is 13.2. The number of esters is 1. The number of ether oxygens (including phenoxy) is 1. The van der Waals surface area contributed by atoms with E-state index in [0.29, 0.717) is 0 Å². The van der Waals surface area contributed by atoms with Gasteiger partial charge in [0.25, 0.3) is 0 Å². The minimum absolute atomic E-state index is 0.876. The summed E-state index contributed by atoms with van der Waals surface area (Å²) in [6, 6.07) is 0. The average molecular weight is 213 g/mol. The van der Waals surface area contributed by atoms with Crippen molar-refractivity contribution in [2.45, 2.75) is 32.5 Å². The number of hydrogen-bond donors (Lipinski definition) is 1. The van der Waals surface area contributed by atoms with Crippen molar-refractivity contribution in [3.8, 4) is 0 Å².